The molecule has 7 heteroatoms. The van der Waals surface area contributed by atoms with E-state index in [2.05, 4.69) is 15.2 Å². The minimum absolute atomic E-state index is 0.139. The van der Waals surface area contributed by atoms with Crippen LogP contribution in [0.2, 0.25) is 0 Å². The highest BCUT2D eigenvalue weighted by atomic mass is 32.1. The van der Waals surface area contributed by atoms with Crippen molar-refractivity contribution < 1.29 is 9.59 Å². The summed E-state index contributed by atoms with van der Waals surface area (Å²) in [6, 6.07) is 0.244. The molecule has 2 heterocycles. The van der Waals surface area contributed by atoms with Crippen molar-refractivity contribution in [2.24, 2.45) is 0 Å². The molecule has 1 saturated heterocycles. The summed E-state index contributed by atoms with van der Waals surface area (Å²) >= 11 is 1.41. The van der Waals surface area contributed by atoms with Gasteiger partial charge < -0.3 is 15.1 Å². The molecule has 0 aliphatic carbocycles. The summed E-state index contributed by atoms with van der Waals surface area (Å²) in [4.78, 5) is 31.7. The lowest BCUT2D eigenvalue weighted by molar-refractivity contribution is -0.129. The van der Waals surface area contributed by atoms with E-state index >= 15 is 0 Å². The fourth-order valence-corrected chi connectivity index (χ4v) is 3.01. The molecule has 116 valence electrons. The maximum Gasteiger partial charge on any atom is 0.270 e. The number of nitrogens with one attached hydrogen (secondary N) is 1. The highest BCUT2D eigenvalue weighted by molar-refractivity contribution is 7.07. The van der Waals surface area contributed by atoms with Crippen LogP contribution < -0.4 is 5.32 Å². The summed E-state index contributed by atoms with van der Waals surface area (Å²) in [5, 5.41) is 4.60. The zero-order valence-electron chi connectivity index (χ0n) is 12.5. The molecule has 6 nitrogen and oxygen atoms in total. The monoisotopic (exact) mass is 310 g/mol. The number of aromatic nitrogens is 1. The number of carbonyl (C=O) groups is 2. The Morgan fingerprint density at radius 3 is 3.05 bits per heavy atom. The number of hydrogen-bond donors (Lipinski definition) is 1. The summed E-state index contributed by atoms with van der Waals surface area (Å²) < 4.78 is 0. The van der Waals surface area contributed by atoms with Gasteiger partial charge in [-0.25, -0.2) is 4.98 Å². The van der Waals surface area contributed by atoms with Crippen LogP contribution in [0.25, 0.3) is 0 Å². The molecular weight excluding hydrogens is 288 g/mol. The molecule has 21 heavy (non-hydrogen) atoms. The third-order valence-electron chi connectivity index (χ3n) is 3.67. The molecule has 1 N–H and O–H groups in total. The third kappa shape index (κ3) is 4.50. The van der Waals surface area contributed by atoms with Crippen LogP contribution in [0.15, 0.2) is 10.9 Å². The lowest BCUT2D eigenvalue weighted by Gasteiger charge is -2.26. The zero-order chi connectivity index (χ0) is 15.2. The molecule has 1 aromatic rings. The third-order valence-corrected chi connectivity index (χ3v) is 4.26. The van der Waals surface area contributed by atoms with Crippen LogP contribution in [0.1, 0.15) is 29.8 Å². The number of rotatable bonds is 7. The van der Waals surface area contributed by atoms with E-state index in [0.29, 0.717) is 18.7 Å². The molecule has 1 atom stereocenters. The van der Waals surface area contributed by atoms with Crippen LogP contribution in [-0.4, -0.2) is 66.4 Å². The normalized spacial score (nSPS) is 18.5. The molecule has 1 fully saturated rings. The minimum atomic E-state index is -0.139. The fraction of sp³-hybridized carbons (Fsp3) is 0.643. The molecule has 0 spiro atoms. The maximum absolute atomic E-state index is 11.9. The van der Waals surface area contributed by atoms with Gasteiger partial charge in [-0.2, -0.15) is 0 Å². The molecule has 1 aliphatic rings. The van der Waals surface area contributed by atoms with Gasteiger partial charge >= 0.3 is 0 Å². The van der Waals surface area contributed by atoms with Gasteiger partial charge in [0.05, 0.1) is 5.51 Å². The van der Waals surface area contributed by atoms with Gasteiger partial charge in [0.25, 0.3) is 5.91 Å². The first kappa shape index (κ1) is 15.9. The van der Waals surface area contributed by atoms with Crippen LogP contribution in [0.4, 0.5) is 0 Å². The Hall–Kier alpha value is -1.47. The molecular formula is C14H22N4O2S. The van der Waals surface area contributed by atoms with Crippen LogP contribution in [0.5, 0.6) is 0 Å². The first-order chi connectivity index (χ1) is 10.1. The number of thiazole rings is 1. The standard InChI is InChI=1S/C14H22N4O2S/c1-17(2)7-8-18-11(3-4-13(18)19)5-6-15-14(20)12-9-21-10-16-12/h9-11H,3-8H2,1-2H3,(H,15,20)/t11-/m1/s1. The number of likely N-dealkylation sites (tertiary alicyclic amines) is 1. The average molecular weight is 310 g/mol. The molecule has 2 amide bonds. The highest BCUT2D eigenvalue weighted by Crippen LogP contribution is 2.20. The number of likely N-dealkylation sites (N-methyl/N-ethyl adjacent to an activating group) is 1. The number of carbonyl (C=O) groups excluding carboxylic acids is 2. The molecule has 0 unspecified atom stereocenters. The van der Waals surface area contributed by atoms with Gasteiger partial charge in [-0.1, -0.05) is 0 Å². The second-order valence-corrected chi connectivity index (χ2v) is 6.22. The SMILES string of the molecule is CN(C)CCN1C(=O)CC[C@@H]1CCNC(=O)c1cscn1. The number of amides is 2. The summed E-state index contributed by atoms with van der Waals surface area (Å²) in [5.41, 5.74) is 2.11. The summed E-state index contributed by atoms with van der Waals surface area (Å²) in [6.07, 6.45) is 2.31. The summed E-state index contributed by atoms with van der Waals surface area (Å²) in [6.45, 7) is 2.21. The first-order valence-corrected chi connectivity index (χ1v) is 8.13. The topological polar surface area (TPSA) is 65.5 Å². The van der Waals surface area contributed by atoms with Crippen molar-refractivity contribution in [2.75, 3.05) is 33.7 Å². The van der Waals surface area contributed by atoms with Crippen LogP contribution in [-0.2, 0) is 4.79 Å². The molecule has 1 aromatic heterocycles. The summed E-state index contributed by atoms with van der Waals surface area (Å²) in [7, 11) is 4.01. The Bertz CT molecular complexity index is 475. The quantitative estimate of drug-likeness (QED) is 0.809. The lowest BCUT2D eigenvalue weighted by atomic mass is 10.1. The van der Waals surface area contributed by atoms with Crippen molar-refractivity contribution in [3.05, 3.63) is 16.6 Å². The van der Waals surface area contributed by atoms with Crippen LogP contribution in [0, 0.1) is 0 Å². The van der Waals surface area contributed by atoms with Gasteiger partial charge in [-0.05, 0) is 26.9 Å². The maximum atomic E-state index is 11.9. The van der Waals surface area contributed by atoms with Crippen LogP contribution >= 0.6 is 11.3 Å². The average Bonchev–Trinajstić information content (AvgIpc) is 3.07. The van der Waals surface area contributed by atoms with Gasteiger partial charge in [0.2, 0.25) is 5.91 Å². The molecule has 0 saturated carbocycles. The second kappa shape index (κ2) is 7.51. The van der Waals surface area contributed by atoms with E-state index in [1.54, 1.807) is 10.9 Å². The largest absolute Gasteiger partial charge is 0.351 e. The fourth-order valence-electron chi connectivity index (χ4n) is 2.48. The highest BCUT2D eigenvalue weighted by Gasteiger charge is 2.30. The minimum Gasteiger partial charge on any atom is -0.351 e. The molecule has 0 aromatic carbocycles. The molecule has 0 bridgehead atoms. The van der Waals surface area contributed by atoms with E-state index in [-0.39, 0.29) is 17.9 Å². The van der Waals surface area contributed by atoms with Crippen molar-refractivity contribution in [1.82, 2.24) is 20.1 Å². The van der Waals surface area contributed by atoms with Gasteiger partial charge in [0.1, 0.15) is 5.69 Å². The second-order valence-electron chi connectivity index (χ2n) is 5.50. The zero-order valence-corrected chi connectivity index (χ0v) is 13.4. The Labute approximate surface area is 129 Å². The van der Waals surface area contributed by atoms with E-state index in [1.807, 2.05) is 19.0 Å². The van der Waals surface area contributed by atoms with Gasteiger partial charge in [0, 0.05) is 37.5 Å². The van der Waals surface area contributed by atoms with Crippen molar-refractivity contribution in [3.8, 4) is 0 Å². The van der Waals surface area contributed by atoms with E-state index < -0.39 is 0 Å². The number of hydrogen-bond acceptors (Lipinski definition) is 5. The number of nitrogens with zero attached hydrogens (tertiary/aromatic N) is 3. The van der Waals surface area contributed by atoms with E-state index in [1.165, 1.54) is 11.3 Å². The van der Waals surface area contributed by atoms with Crippen molar-refractivity contribution >= 4 is 23.2 Å². The van der Waals surface area contributed by atoms with Gasteiger partial charge in [-0.3, -0.25) is 9.59 Å². The van der Waals surface area contributed by atoms with E-state index in [4.69, 9.17) is 0 Å². The van der Waals surface area contributed by atoms with Crippen molar-refractivity contribution in [3.63, 3.8) is 0 Å². The van der Waals surface area contributed by atoms with Gasteiger partial charge in [0.15, 0.2) is 0 Å². The molecule has 0 radical (unpaired) electrons. The molecule has 1 aliphatic heterocycles. The predicted octanol–water partition coefficient (Wildman–Crippen LogP) is 0.816. The van der Waals surface area contributed by atoms with Crippen molar-refractivity contribution in [2.45, 2.75) is 25.3 Å². The van der Waals surface area contributed by atoms with E-state index in [0.717, 1.165) is 25.9 Å². The predicted molar refractivity (Wildman–Crippen MR) is 82.4 cm³/mol. The van der Waals surface area contributed by atoms with E-state index in [9.17, 15) is 9.59 Å². The molecule has 2 rings (SSSR count). The Morgan fingerprint density at radius 2 is 2.38 bits per heavy atom. The summed E-state index contributed by atoms with van der Waals surface area (Å²) in [5.74, 6) is 0.0908. The van der Waals surface area contributed by atoms with Gasteiger partial charge in [-0.15, -0.1) is 11.3 Å². The first-order valence-electron chi connectivity index (χ1n) is 7.18. The Balaban J connectivity index is 1.76. The Kier molecular flexibility index (Phi) is 5.69. The smallest absolute Gasteiger partial charge is 0.270 e. The van der Waals surface area contributed by atoms with Crippen molar-refractivity contribution in [1.29, 1.82) is 0 Å². The van der Waals surface area contributed by atoms with Crippen LogP contribution in [0.3, 0.4) is 0 Å². The lowest BCUT2D eigenvalue weighted by Crippen LogP contribution is -2.40. The Morgan fingerprint density at radius 1 is 1.57 bits per heavy atom.